The van der Waals surface area contributed by atoms with Crippen LogP contribution in [0, 0.1) is 0 Å². The van der Waals surface area contributed by atoms with E-state index in [0.29, 0.717) is 5.92 Å². The van der Waals surface area contributed by atoms with Crippen LogP contribution < -0.4 is 5.32 Å². The van der Waals surface area contributed by atoms with E-state index in [9.17, 15) is 0 Å². The summed E-state index contributed by atoms with van der Waals surface area (Å²) >= 11 is 0. The summed E-state index contributed by atoms with van der Waals surface area (Å²) in [6.45, 7) is 5.27. The maximum absolute atomic E-state index is 4.59. The van der Waals surface area contributed by atoms with Gasteiger partial charge in [0.05, 0.1) is 5.69 Å². The Kier molecular flexibility index (Phi) is 4.00. The first kappa shape index (κ1) is 14.2. The average molecular weight is 283 g/mol. The number of rotatable bonds is 4. The van der Waals surface area contributed by atoms with Gasteiger partial charge in [0.2, 0.25) is 0 Å². The molecule has 0 amide bonds. The van der Waals surface area contributed by atoms with Crippen molar-refractivity contribution in [3.05, 3.63) is 46.8 Å². The Morgan fingerprint density at radius 2 is 2.05 bits per heavy atom. The Balaban J connectivity index is 1.79. The molecule has 0 radical (unpaired) electrons. The second-order valence-corrected chi connectivity index (χ2v) is 6.37. The zero-order valence-corrected chi connectivity index (χ0v) is 13.3. The molecule has 0 atom stereocenters. The summed E-state index contributed by atoms with van der Waals surface area (Å²) < 4.78 is 1.92. The molecule has 1 aromatic heterocycles. The Bertz CT molecular complexity index is 625. The molecule has 1 heterocycles. The molecule has 0 unspecified atom stereocenters. The number of fused-ring (bicyclic) bond motifs is 1. The first-order valence-electron chi connectivity index (χ1n) is 8.02. The van der Waals surface area contributed by atoms with E-state index in [-0.39, 0.29) is 0 Å². The highest BCUT2D eigenvalue weighted by Gasteiger charge is 2.14. The molecule has 1 aromatic carbocycles. The summed E-state index contributed by atoms with van der Waals surface area (Å²) in [5.74, 6) is 0.465. The zero-order valence-electron chi connectivity index (χ0n) is 13.3. The minimum absolute atomic E-state index is 0.465. The molecule has 3 nitrogen and oxygen atoms in total. The summed E-state index contributed by atoms with van der Waals surface area (Å²) in [6, 6.07) is 6.68. The summed E-state index contributed by atoms with van der Waals surface area (Å²) in [6.07, 6.45) is 7.22. The number of hydrogen-bond donors (Lipinski definition) is 1. The number of anilines is 1. The van der Waals surface area contributed by atoms with Crippen LogP contribution in [0.1, 0.15) is 55.0 Å². The van der Waals surface area contributed by atoms with Crippen LogP contribution in [-0.4, -0.2) is 9.78 Å². The van der Waals surface area contributed by atoms with E-state index >= 15 is 0 Å². The monoisotopic (exact) mass is 283 g/mol. The number of benzene rings is 1. The Morgan fingerprint density at radius 1 is 1.24 bits per heavy atom. The molecule has 3 heteroatoms. The summed E-state index contributed by atoms with van der Waals surface area (Å²) in [5.41, 5.74) is 6.88. The Morgan fingerprint density at radius 3 is 2.86 bits per heavy atom. The van der Waals surface area contributed by atoms with E-state index in [4.69, 9.17) is 0 Å². The van der Waals surface area contributed by atoms with Crippen molar-refractivity contribution in [3.63, 3.8) is 0 Å². The lowest BCUT2D eigenvalue weighted by atomic mass is 9.90. The van der Waals surface area contributed by atoms with E-state index in [1.54, 1.807) is 0 Å². The molecular weight excluding hydrogens is 258 g/mol. The highest BCUT2D eigenvalue weighted by atomic mass is 15.3. The van der Waals surface area contributed by atoms with Gasteiger partial charge >= 0.3 is 0 Å². The van der Waals surface area contributed by atoms with Gasteiger partial charge < -0.3 is 5.32 Å². The van der Waals surface area contributed by atoms with Gasteiger partial charge in [0, 0.05) is 31.0 Å². The fourth-order valence-corrected chi connectivity index (χ4v) is 3.31. The molecular formula is C18H25N3. The van der Waals surface area contributed by atoms with Crippen molar-refractivity contribution in [3.8, 4) is 0 Å². The first-order chi connectivity index (χ1) is 10.1. The number of nitrogens with zero attached hydrogens (tertiary/aromatic N) is 2. The quantitative estimate of drug-likeness (QED) is 0.918. The van der Waals surface area contributed by atoms with E-state index in [0.717, 1.165) is 6.54 Å². The van der Waals surface area contributed by atoms with Gasteiger partial charge in [-0.3, -0.25) is 4.68 Å². The van der Waals surface area contributed by atoms with E-state index in [1.165, 1.54) is 53.8 Å². The van der Waals surface area contributed by atoms with Crippen LogP contribution in [0.3, 0.4) is 0 Å². The van der Waals surface area contributed by atoms with Gasteiger partial charge in [0.1, 0.15) is 0 Å². The van der Waals surface area contributed by atoms with Crippen LogP contribution in [0.25, 0.3) is 0 Å². The topological polar surface area (TPSA) is 29.9 Å². The molecule has 1 N–H and O–H groups in total. The molecule has 0 saturated carbocycles. The fourth-order valence-electron chi connectivity index (χ4n) is 3.31. The van der Waals surface area contributed by atoms with Crippen LogP contribution >= 0.6 is 0 Å². The van der Waals surface area contributed by atoms with Gasteiger partial charge in [-0.1, -0.05) is 26.0 Å². The molecule has 0 fully saturated rings. The number of hydrogen-bond acceptors (Lipinski definition) is 2. The van der Waals surface area contributed by atoms with E-state index in [1.807, 2.05) is 11.7 Å². The maximum atomic E-state index is 4.59. The molecule has 0 saturated heterocycles. The van der Waals surface area contributed by atoms with Gasteiger partial charge in [-0.05, 0) is 48.8 Å². The number of aromatic nitrogens is 2. The summed E-state index contributed by atoms with van der Waals surface area (Å²) in [7, 11) is 2.00. The van der Waals surface area contributed by atoms with Crippen LogP contribution in [-0.2, 0) is 26.4 Å². The predicted octanol–water partition coefficient (Wildman–Crippen LogP) is 4.03. The lowest BCUT2D eigenvalue weighted by molar-refractivity contribution is 0.686. The molecule has 3 rings (SSSR count). The molecule has 2 aromatic rings. The van der Waals surface area contributed by atoms with Crippen molar-refractivity contribution in [1.29, 1.82) is 0 Å². The number of nitrogens with one attached hydrogen (secondary N) is 1. The smallest absolute Gasteiger partial charge is 0.0699 e. The lowest BCUT2D eigenvalue weighted by Crippen LogP contribution is -2.09. The van der Waals surface area contributed by atoms with Crippen molar-refractivity contribution in [2.45, 2.75) is 52.0 Å². The SMILES string of the molecule is CC(C)c1nn(C)cc1CNc1cccc2c1CCCC2. The highest BCUT2D eigenvalue weighted by Crippen LogP contribution is 2.28. The van der Waals surface area contributed by atoms with Crippen molar-refractivity contribution < 1.29 is 0 Å². The maximum Gasteiger partial charge on any atom is 0.0699 e. The minimum atomic E-state index is 0.465. The summed E-state index contributed by atoms with van der Waals surface area (Å²) in [5, 5.41) is 8.23. The van der Waals surface area contributed by atoms with Crippen molar-refractivity contribution >= 4 is 5.69 Å². The normalized spacial score (nSPS) is 14.3. The third kappa shape index (κ3) is 2.97. The molecule has 21 heavy (non-hydrogen) atoms. The van der Waals surface area contributed by atoms with Gasteiger partial charge in [-0.2, -0.15) is 5.10 Å². The second-order valence-electron chi connectivity index (χ2n) is 6.37. The standard InChI is InChI=1S/C18H25N3/c1-13(2)18-15(12-21(3)20-18)11-19-17-10-6-8-14-7-4-5-9-16(14)17/h6,8,10,12-13,19H,4-5,7,9,11H2,1-3H3. The predicted molar refractivity (Wildman–Crippen MR) is 87.7 cm³/mol. The second kappa shape index (κ2) is 5.92. The lowest BCUT2D eigenvalue weighted by Gasteiger charge is -2.20. The van der Waals surface area contributed by atoms with Crippen LogP contribution in [0.5, 0.6) is 0 Å². The van der Waals surface area contributed by atoms with Crippen LogP contribution in [0.2, 0.25) is 0 Å². The van der Waals surface area contributed by atoms with E-state index in [2.05, 4.69) is 48.7 Å². The van der Waals surface area contributed by atoms with Gasteiger partial charge in [-0.15, -0.1) is 0 Å². The molecule has 0 spiro atoms. The largest absolute Gasteiger partial charge is 0.381 e. The van der Waals surface area contributed by atoms with Crippen LogP contribution in [0.4, 0.5) is 5.69 Å². The minimum Gasteiger partial charge on any atom is -0.381 e. The highest BCUT2D eigenvalue weighted by molar-refractivity contribution is 5.56. The fraction of sp³-hybridized carbons (Fsp3) is 0.500. The third-order valence-electron chi connectivity index (χ3n) is 4.35. The van der Waals surface area contributed by atoms with Crippen molar-refractivity contribution in [1.82, 2.24) is 9.78 Å². The molecule has 0 aliphatic heterocycles. The van der Waals surface area contributed by atoms with Gasteiger partial charge in [0.25, 0.3) is 0 Å². The molecule has 0 bridgehead atoms. The van der Waals surface area contributed by atoms with E-state index < -0.39 is 0 Å². The first-order valence-corrected chi connectivity index (χ1v) is 8.02. The van der Waals surface area contributed by atoms with Gasteiger partial charge in [-0.25, -0.2) is 0 Å². The summed E-state index contributed by atoms with van der Waals surface area (Å²) in [4.78, 5) is 0. The Labute approximate surface area is 127 Å². The van der Waals surface area contributed by atoms with Crippen LogP contribution in [0.15, 0.2) is 24.4 Å². The Hall–Kier alpha value is -1.77. The zero-order chi connectivity index (χ0) is 14.8. The van der Waals surface area contributed by atoms with Crippen molar-refractivity contribution in [2.75, 3.05) is 5.32 Å². The van der Waals surface area contributed by atoms with Crippen molar-refractivity contribution in [2.24, 2.45) is 7.05 Å². The average Bonchev–Trinajstić information content (AvgIpc) is 2.86. The molecule has 112 valence electrons. The van der Waals surface area contributed by atoms with Gasteiger partial charge in [0.15, 0.2) is 0 Å². The number of aryl methyl sites for hydroxylation is 2. The third-order valence-corrected chi connectivity index (χ3v) is 4.35. The molecule has 1 aliphatic rings. The molecule has 1 aliphatic carbocycles.